The van der Waals surface area contributed by atoms with E-state index in [1.165, 1.54) is 12.1 Å². The van der Waals surface area contributed by atoms with E-state index in [-0.39, 0.29) is 11.4 Å². The molecule has 3 nitrogen and oxygen atoms in total. The summed E-state index contributed by atoms with van der Waals surface area (Å²) in [5.41, 5.74) is 1.36. The number of hydrogen-bond donors (Lipinski definition) is 1. The maximum absolute atomic E-state index is 13.6. The second-order valence-corrected chi connectivity index (χ2v) is 5.45. The topological polar surface area (TPSA) is 34.0 Å². The Morgan fingerprint density at radius 1 is 1.30 bits per heavy atom. The number of nitrogens with zero attached hydrogens (tertiary/aromatic N) is 1. The van der Waals surface area contributed by atoms with Crippen LogP contribution in [0, 0.1) is 5.82 Å². The molecule has 0 spiro atoms. The van der Waals surface area contributed by atoms with Gasteiger partial charge < -0.3 is 9.88 Å². The van der Waals surface area contributed by atoms with Crippen LogP contribution in [0.15, 0.2) is 45.8 Å². The number of benzene rings is 1. The molecule has 0 saturated heterocycles. The van der Waals surface area contributed by atoms with E-state index in [9.17, 15) is 9.18 Å². The van der Waals surface area contributed by atoms with E-state index in [1.54, 1.807) is 29.0 Å². The number of aryl methyl sites for hydroxylation is 1. The molecule has 0 fully saturated rings. The summed E-state index contributed by atoms with van der Waals surface area (Å²) in [6.45, 7) is 3.07. The van der Waals surface area contributed by atoms with Crippen molar-refractivity contribution in [1.82, 2.24) is 4.57 Å². The molecule has 0 unspecified atom stereocenters. The first kappa shape index (κ1) is 14.8. The van der Waals surface area contributed by atoms with Gasteiger partial charge in [0.25, 0.3) is 5.56 Å². The van der Waals surface area contributed by atoms with E-state index in [0.717, 1.165) is 16.6 Å². The standard InChI is InChI=1S/C15H16BrFN2O/c1-2-7-19-10-13(4-6-15(19)20)18-9-11-8-12(16)3-5-14(11)17/h3-6,8,10,18H,2,7,9H2,1H3. The Kier molecular flexibility index (Phi) is 4.95. The molecule has 0 amide bonds. The molecule has 0 aliphatic rings. The lowest BCUT2D eigenvalue weighted by Crippen LogP contribution is -2.18. The molecule has 5 heteroatoms. The molecule has 0 atom stereocenters. The molecule has 0 saturated carbocycles. The highest BCUT2D eigenvalue weighted by Crippen LogP contribution is 2.17. The van der Waals surface area contributed by atoms with Crippen LogP contribution in [0.25, 0.3) is 0 Å². The lowest BCUT2D eigenvalue weighted by atomic mass is 10.2. The first-order chi connectivity index (χ1) is 9.60. The molecule has 20 heavy (non-hydrogen) atoms. The van der Waals surface area contributed by atoms with E-state index in [2.05, 4.69) is 21.2 Å². The van der Waals surface area contributed by atoms with Gasteiger partial charge in [-0.25, -0.2) is 4.39 Å². The molecule has 0 radical (unpaired) electrons. The summed E-state index contributed by atoms with van der Waals surface area (Å²) in [7, 11) is 0. The van der Waals surface area contributed by atoms with Crippen LogP contribution in [0.3, 0.4) is 0 Å². The van der Waals surface area contributed by atoms with Gasteiger partial charge in [-0.1, -0.05) is 22.9 Å². The van der Waals surface area contributed by atoms with Crippen molar-refractivity contribution in [2.45, 2.75) is 26.4 Å². The fraction of sp³-hybridized carbons (Fsp3) is 0.267. The highest BCUT2D eigenvalue weighted by Gasteiger charge is 2.03. The number of nitrogens with one attached hydrogen (secondary N) is 1. The molecule has 0 aliphatic heterocycles. The first-order valence-corrected chi connectivity index (χ1v) is 7.27. The van der Waals surface area contributed by atoms with Crippen LogP contribution >= 0.6 is 15.9 Å². The van der Waals surface area contributed by atoms with Crippen molar-refractivity contribution in [3.63, 3.8) is 0 Å². The molecule has 0 aliphatic carbocycles. The number of rotatable bonds is 5. The van der Waals surface area contributed by atoms with Crippen molar-refractivity contribution >= 4 is 21.6 Å². The summed E-state index contributed by atoms with van der Waals surface area (Å²) in [5.74, 6) is -0.248. The van der Waals surface area contributed by atoms with Gasteiger partial charge in [0, 0.05) is 35.4 Å². The van der Waals surface area contributed by atoms with Crippen molar-refractivity contribution in [2.24, 2.45) is 0 Å². The quantitative estimate of drug-likeness (QED) is 0.900. The van der Waals surface area contributed by atoms with Gasteiger partial charge in [-0.3, -0.25) is 4.79 Å². The second-order valence-electron chi connectivity index (χ2n) is 4.54. The highest BCUT2D eigenvalue weighted by molar-refractivity contribution is 9.10. The molecule has 106 valence electrons. The average Bonchev–Trinajstić information content (AvgIpc) is 2.43. The van der Waals surface area contributed by atoms with Gasteiger partial charge in [0.1, 0.15) is 5.82 Å². The van der Waals surface area contributed by atoms with Crippen LogP contribution in [0.1, 0.15) is 18.9 Å². The molecular weight excluding hydrogens is 323 g/mol. The van der Waals surface area contributed by atoms with Crippen molar-refractivity contribution in [3.05, 3.63) is 62.7 Å². The molecular formula is C15H16BrFN2O. The molecule has 1 heterocycles. The van der Waals surface area contributed by atoms with E-state index in [1.807, 2.05) is 6.92 Å². The SMILES string of the molecule is CCCn1cc(NCc2cc(Br)ccc2F)ccc1=O. The summed E-state index contributed by atoms with van der Waals surface area (Å²) in [6, 6.07) is 8.07. The highest BCUT2D eigenvalue weighted by atomic mass is 79.9. The average molecular weight is 339 g/mol. The Morgan fingerprint density at radius 2 is 2.10 bits per heavy atom. The summed E-state index contributed by atoms with van der Waals surface area (Å²) >= 11 is 3.32. The third kappa shape index (κ3) is 3.70. The maximum atomic E-state index is 13.6. The lowest BCUT2D eigenvalue weighted by Gasteiger charge is -2.10. The van der Waals surface area contributed by atoms with Gasteiger partial charge in [-0.05, 0) is 30.7 Å². The zero-order chi connectivity index (χ0) is 14.5. The summed E-state index contributed by atoms with van der Waals surface area (Å²) in [5, 5.41) is 3.13. The maximum Gasteiger partial charge on any atom is 0.250 e. The predicted octanol–water partition coefficient (Wildman–Crippen LogP) is 3.77. The Balaban J connectivity index is 2.12. The van der Waals surface area contributed by atoms with E-state index in [0.29, 0.717) is 18.7 Å². The van der Waals surface area contributed by atoms with Crippen LogP contribution in [-0.4, -0.2) is 4.57 Å². The van der Waals surface area contributed by atoms with E-state index < -0.39 is 0 Å². The summed E-state index contributed by atoms with van der Waals surface area (Å²) < 4.78 is 16.1. The summed E-state index contributed by atoms with van der Waals surface area (Å²) in [4.78, 5) is 11.6. The second kappa shape index (κ2) is 6.70. The summed E-state index contributed by atoms with van der Waals surface area (Å²) in [6.07, 6.45) is 2.66. The number of halogens is 2. The largest absolute Gasteiger partial charge is 0.380 e. The smallest absolute Gasteiger partial charge is 0.250 e. The van der Waals surface area contributed by atoms with Gasteiger partial charge in [0.2, 0.25) is 0 Å². The minimum absolute atomic E-state index is 0.0222. The van der Waals surface area contributed by atoms with Crippen LogP contribution in [0.5, 0.6) is 0 Å². The van der Waals surface area contributed by atoms with Gasteiger partial charge in [0.15, 0.2) is 0 Å². The van der Waals surface area contributed by atoms with Crippen molar-refractivity contribution in [2.75, 3.05) is 5.32 Å². The zero-order valence-electron chi connectivity index (χ0n) is 11.2. The Bertz CT molecular complexity index is 655. The number of pyridine rings is 1. The monoisotopic (exact) mass is 338 g/mol. The van der Waals surface area contributed by atoms with E-state index in [4.69, 9.17) is 0 Å². The third-order valence-corrected chi connectivity index (χ3v) is 3.43. The number of hydrogen-bond acceptors (Lipinski definition) is 2. The number of anilines is 1. The minimum Gasteiger partial charge on any atom is -0.380 e. The van der Waals surface area contributed by atoms with Gasteiger partial charge >= 0.3 is 0 Å². The van der Waals surface area contributed by atoms with Crippen molar-refractivity contribution in [3.8, 4) is 0 Å². The molecule has 1 N–H and O–H groups in total. The minimum atomic E-state index is -0.248. The number of aromatic nitrogens is 1. The first-order valence-electron chi connectivity index (χ1n) is 6.48. The van der Waals surface area contributed by atoms with Crippen molar-refractivity contribution in [1.29, 1.82) is 0 Å². The van der Waals surface area contributed by atoms with Crippen LogP contribution in [0.2, 0.25) is 0 Å². The normalized spacial score (nSPS) is 10.6. The van der Waals surface area contributed by atoms with Crippen LogP contribution in [-0.2, 0) is 13.1 Å². The fourth-order valence-electron chi connectivity index (χ4n) is 1.93. The predicted molar refractivity (Wildman–Crippen MR) is 82.4 cm³/mol. The van der Waals surface area contributed by atoms with Crippen molar-refractivity contribution < 1.29 is 4.39 Å². The van der Waals surface area contributed by atoms with Gasteiger partial charge in [0.05, 0.1) is 5.69 Å². The van der Waals surface area contributed by atoms with Gasteiger partial charge in [-0.2, -0.15) is 0 Å². The van der Waals surface area contributed by atoms with Crippen LogP contribution in [0.4, 0.5) is 10.1 Å². The Morgan fingerprint density at radius 3 is 2.85 bits per heavy atom. The van der Waals surface area contributed by atoms with Crippen LogP contribution < -0.4 is 10.9 Å². The third-order valence-electron chi connectivity index (χ3n) is 2.94. The molecule has 2 rings (SSSR count). The lowest BCUT2D eigenvalue weighted by molar-refractivity contribution is 0.612. The van der Waals surface area contributed by atoms with Gasteiger partial charge in [-0.15, -0.1) is 0 Å². The Hall–Kier alpha value is -1.62. The van der Waals surface area contributed by atoms with E-state index >= 15 is 0 Å². The molecule has 2 aromatic rings. The molecule has 1 aromatic heterocycles. The molecule has 0 bridgehead atoms. The Labute approximate surface area is 125 Å². The fourth-order valence-corrected chi connectivity index (χ4v) is 2.34. The molecule has 1 aromatic carbocycles. The zero-order valence-corrected chi connectivity index (χ0v) is 12.8.